The molecule has 0 fully saturated rings. The first kappa shape index (κ1) is 9.88. The highest BCUT2D eigenvalue weighted by atomic mass is 16.5. The van der Waals surface area contributed by atoms with Crippen LogP contribution in [-0.4, -0.2) is 38.5 Å². The van der Waals surface area contributed by atoms with Crippen molar-refractivity contribution in [2.75, 3.05) is 27.3 Å². The Labute approximate surface area is 62.4 Å². The molecule has 0 heterocycles. The molecule has 0 spiro atoms. The molecule has 62 valence electrons. The minimum absolute atomic E-state index is 0.206. The maximum absolute atomic E-state index is 9.31. The first-order valence-electron chi connectivity index (χ1n) is 3.54. The highest BCUT2D eigenvalue weighted by Gasteiger charge is 2.11. The summed E-state index contributed by atoms with van der Waals surface area (Å²) in [6.07, 6.45) is -0.301. The normalized spacial score (nSPS) is 16.8. The molecule has 0 aromatic rings. The molecule has 0 amide bonds. The number of aliphatic hydroxyl groups is 1. The van der Waals surface area contributed by atoms with Gasteiger partial charge in [0.05, 0.1) is 12.7 Å². The highest BCUT2D eigenvalue weighted by molar-refractivity contribution is 4.64. The Hall–Kier alpha value is -0.120. The van der Waals surface area contributed by atoms with Gasteiger partial charge in [-0.1, -0.05) is 6.92 Å². The summed E-state index contributed by atoms with van der Waals surface area (Å²) in [5, 5.41) is 12.2. The van der Waals surface area contributed by atoms with Crippen molar-refractivity contribution in [2.24, 2.45) is 5.92 Å². The predicted octanol–water partition coefficient (Wildman–Crippen LogP) is -0.151. The van der Waals surface area contributed by atoms with E-state index in [-0.39, 0.29) is 12.0 Å². The Bertz CT molecular complexity index is 68.0. The molecule has 0 aromatic carbocycles. The minimum atomic E-state index is -0.301. The van der Waals surface area contributed by atoms with Crippen LogP contribution in [0.1, 0.15) is 6.92 Å². The zero-order valence-corrected chi connectivity index (χ0v) is 6.92. The summed E-state index contributed by atoms with van der Waals surface area (Å²) in [5.74, 6) is 0.206. The fourth-order valence-corrected chi connectivity index (χ4v) is 0.784. The largest absolute Gasteiger partial charge is 0.391 e. The van der Waals surface area contributed by atoms with Gasteiger partial charge in [-0.2, -0.15) is 0 Å². The van der Waals surface area contributed by atoms with Crippen LogP contribution < -0.4 is 5.32 Å². The highest BCUT2D eigenvalue weighted by Crippen LogP contribution is 2.01. The monoisotopic (exact) mass is 147 g/mol. The van der Waals surface area contributed by atoms with Crippen molar-refractivity contribution in [1.29, 1.82) is 0 Å². The fourth-order valence-electron chi connectivity index (χ4n) is 0.784. The molecule has 3 nitrogen and oxygen atoms in total. The number of methoxy groups -OCH3 is 1. The molecule has 0 saturated heterocycles. The molecule has 3 heteroatoms. The Morgan fingerprint density at radius 1 is 1.60 bits per heavy atom. The Morgan fingerprint density at radius 3 is 2.60 bits per heavy atom. The van der Waals surface area contributed by atoms with Gasteiger partial charge in [-0.25, -0.2) is 0 Å². The average Bonchev–Trinajstić information content (AvgIpc) is 1.89. The van der Waals surface area contributed by atoms with E-state index in [2.05, 4.69) is 5.32 Å². The molecule has 0 saturated carbocycles. The van der Waals surface area contributed by atoms with Gasteiger partial charge in [0.2, 0.25) is 0 Å². The third kappa shape index (κ3) is 3.82. The van der Waals surface area contributed by atoms with E-state index in [1.165, 1.54) is 0 Å². The lowest BCUT2D eigenvalue weighted by molar-refractivity contribution is 0.0583. The fraction of sp³-hybridized carbons (Fsp3) is 1.00. The molecule has 10 heavy (non-hydrogen) atoms. The van der Waals surface area contributed by atoms with E-state index in [1.54, 1.807) is 7.11 Å². The van der Waals surface area contributed by atoms with Gasteiger partial charge in [-0.3, -0.25) is 0 Å². The van der Waals surface area contributed by atoms with Gasteiger partial charge in [0.1, 0.15) is 0 Å². The Balaban J connectivity index is 3.38. The number of likely N-dealkylation sites (N-methyl/N-ethyl adjacent to an activating group) is 1. The van der Waals surface area contributed by atoms with Crippen molar-refractivity contribution in [3.05, 3.63) is 0 Å². The van der Waals surface area contributed by atoms with Crippen LogP contribution in [0.25, 0.3) is 0 Å². The van der Waals surface area contributed by atoms with Crippen molar-refractivity contribution in [2.45, 2.75) is 13.0 Å². The van der Waals surface area contributed by atoms with Crippen LogP contribution in [0.2, 0.25) is 0 Å². The number of aliphatic hydroxyl groups excluding tert-OH is 1. The second-order valence-corrected chi connectivity index (χ2v) is 2.56. The molecular weight excluding hydrogens is 130 g/mol. The standard InChI is InChI=1S/C7H17NO2/c1-6(5-10-3)7(9)4-8-2/h6-9H,4-5H2,1-3H3. The molecule has 2 unspecified atom stereocenters. The van der Waals surface area contributed by atoms with Gasteiger partial charge in [0.15, 0.2) is 0 Å². The van der Waals surface area contributed by atoms with E-state index in [0.29, 0.717) is 13.2 Å². The summed E-state index contributed by atoms with van der Waals surface area (Å²) < 4.78 is 4.88. The van der Waals surface area contributed by atoms with Crippen molar-refractivity contribution >= 4 is 0 Å². The van der Waals surface area contributed by atoms with Gasteiger partial charge in [0, 0.05) is 19.6 Å². The first-order valence-corrected chi connectivity index (χ1v) is 3.54. The summed E-state index contributed by atoms with van der Waals surface area (Å²) in [5.41, 5.74) is 0. The van der Waals surface area contributed by atoms with Gasteiger partial charge >= 0.3 is 0 Å². The molecule has 2 atom stereocenters. The number of hydrogen-bond acceptors (Lipinski definition) is 3. The van der Waals surface area contributed by atoms with Crippen molar-refractivity contribution in [3.8, 4) is 0 Å². The van der Waals surface area contributed by atoms with Crippen LogP contribution in [0.4, 0.5) is 0 Å². The predicted molar refractivity (Wildman–Crippen MR) is 41.0 cm³/mol. The molecule has 0 bridgehead atoms. The first-order chi connectivity index (χ1) is 4.72. The lowest BCUT2D eigenvalue weighted by Crippen LogP contribution is -2.31. The van der Waals surface area contributed by atoms with Gasteiger partial charge < -0.3 is 15.2 Å². The number of hydrogen-bond donors (Lipinski definition) is 2. The van der Waals surface area contributed by atoms with E-state index in [0.717, 1.165) is 0 Å². The second kappa shape index (κ2) is 5.65. The van der Waals surface area contributed by atoms with Crippen molar-refractivity contribution in [3.63, 3.8) is 0 Å². The summed E-state index contributed by atoms with van der Waals surface area (Å²) in [6.45, 7) is 3.21. The van der Waals surface area contributed by atoms with Crippen LogP contribution in [0, 0.1) is 5.92 Å². The van der Waals surface area contributed by atoms with Crippen LogP contribution in [0.15, 0.2) is 0 Å². The quantitative estimate of drug-likeness (QED) is 0.568. The average molecular weight is 147 g/mol. The van der Waals surface area contributed by atoms with Crippen molar-refractivity contribution < 1.29 is 9.84 Å². The lowest BCUT2D eigenvalue weighted by atomic mass is 10.1. The summed E-state index contributed by atoms with van der Waals surface area (Å²) in [4.78, 5) is 0. The number of ether oxygens (including phenoxy) is 1. The molecule has 2 N–H and O–H groups in total. The van der Waals surface area contributed by atoms with Gasteiger partial charge in [-0.05, 0) is 7.05 Å². The van der Waals surface area contributed by atoms with E-state index in [4.69, 9.17) is 4.74 Å². The van der Waals surface area contributed by atoms with Crippen molar-refractivity contribution in [1.82, 2.24) is 5.32 Å². The molecule has 0 aromatic heterocycles. The third-order valence-electron chi connectivity index (χ3n) is 1.50. The van der Waals surface area contributed by atoms with Crippen LogP contribution >= 0.6 is 0 Å². The zero-order chi connectivity index (χ0) is 7.98. The topological polar surface area (TPSA) is 41.5 Å². The summed E-state index contributed by atoms with van der Waals surface area (Å²) >= 11 is 0. The van der Waals surface area contributed by atoms with E-state index >= 15 is 0 Å². The molecular formula is C7H17NO2. The maximum Gasteiger partial charge on any atom is 0.0711 e. The Morgan fingerprint density at radius 2 is 2.20 bits per heavy atom. The maximum atomic E-state index is 9.31. The number of nitrogens with one attached hydrogen (secondary N) is 1. The van der Waals surface area contributed by atoms with E-state index in [9.17, 15) is 5.11 Å². The van der Waals surface area contributed by atoms with E-state index in [1.807, 2.05) is 14.0 Å². The molecule has 0 rings (SSSR count). The SMILES string of the molecule is CNCC(O)C(C)COC. The van der Waals surface area contributed by atoms with Gasteiger partial charge in [0.25, 0.3) is 0 Å². The third-order valence-corrected chi connectivity index (χ3v) is 1.50. The smallest absolute Gasteiger partial charge is 0.0711 e. The lowest BCUT2D eigenvalue weighted by Gasteiger charge is -2.16. The molecule has 0 aliphatic rings. The zero-order valence-electron chi connectivity index (χ0n) is 6.92. The second-order valence-electron chi connectivity index (χ2n) is 2.56. The van der Waals surface area contributed by atoms with E-state index < -0.39 is 0 Å². The van der Waals surface area contributed by atoms with Crippen LogP contribution in [0.3, 0.4) is 0 Å². The van der Waals surface area contributed by atoms with Crippen LogP contribution in [-0.2, 0) is 4.74 Å². The van der Waals surface area contributed by atoms with Crippen LogP contribution in [0.5, 0.6) is 0 Å². The Kier molecular flexibility index (Phi) is 5.58. The minimum Gasteiger partial charge on any atom is -0.391 e. The summed E-state index contributed by atoms with van der Waals surface area (Å²) in [6, 6.07) is 0. The summed E-state index contributed by atoms with van der Waals surface area (Å²) in [7, 11) is 3.46. The molecule has 0 aliphatic heterocycles. The molecule has 0 radical (unpaired) electrons. The number of rotatable bonds is 5. The molecule has 0 aliphatic carbocycles. The van der Waals surface area contributed by atoms with Gasteiger partial charge in [-0.15, -0.1) is 0 Å².